The zero-order valence-corrected chi connectivity index (χ0v) is 20.4. The van der Waals surface area contributed by atoms with Gasteiger partial charge in [0.05, 0.1) is 5.56 Å². The van der Waals surface area contributed by atoms with Gasteiger partial charge in [-0.05, 0) is 54.4 Å². The van der Waals surface area contributed by atoms with Crippen LogP contribution in [0.25, 0.3) is 11.3 Å². The number of furan rings is 1. The van der Waals surface area contributed by atoms with E-state index < -0.39 is 17.6 Å². The molecule has 0 spiro atoms. The molecule has 3 aromatic carbocycles. The van der Waals surface area contributed by atoms with Crippen molar-refractivity contribution < 1.29 is 27.2 Å². The summed E-state index contributed by atoms with van der Waals surface area (Å²) in [7, 11) is 0. The Balaban J connectivity index is 1.23. The van der Waals surface area contributed by atoms with Crippen LogP contribution in [0.15, 0.2) is 89.3 Å². The van der Waals surface area contributed by atoms with Crippen LogP contribution in [0.5, 0.6) is 0 Å². The van der Waals surface area contributed by atoms with Gasteiger partial charge in [0.25, 0.3) is 5.91 Å². The Hall–Kier alpha value is -4.33. The molecular formula is C30H25F3N2O3. The van der Waals surface area contributed by atoms with Gasteiger partial charge in [-0.1, -0.05) is 42.5 Å². The minimum atomic E-state index is -4.46. The number of anilines is 1. The van der Waals surface area contributed by atoms with Gasteiger partial charge in [0.2, 0.25) is 5.91 Å². The van der Waals surface area contributed by atoms with Crippen LogP contribution in [0.2, 0.25) is 0 Å². The highest BCUT2D eigenvalue weighted by Gasteiger charge is 2.30. The number of rotatable bonds is 6. The predicted molar refractivity (Wildman–Crippen MR) is 137 cm³/mol. The molecule has 0 aliphatic carbocycles. The average Bonchev–Trinajstić information content (AvgIpc) is 3.36. The zero-order valence-electron chi connectivity index (χ0n) is 20.4. The van der Waals surface area contributed by atoms with Gasteiger partial charge in [-0.2, -0.15) is 13.2 Å². The van der Waals surface area contributed by atoms with Crippen molar-refractivity contribution in [2.24, 2.45) is 0 Å². The third-order valence-corrected chi connectivity index (χ3v) is 6.57. The lowest BCUT2D eigenvalue weighted by atomic mass is 10.1. The molecule has 1 aliphatic heterocycles. The molecule has 8 heteroatoms. The molecule has 5 nitrogen and oxygen atoms in total. The first-order chi connectivity index (χ1) is 18.3. The van der Waals surface area contributed by atoms with E-state index in [4.69, 9.17) is 4.42 Å². The predicted octanol–water partition coefficient (Wildman–Crippen LogP) is 6.74. The number of halogens is 3. The zero-order chi connectivity index (χ0) is 26.7. The number of hydrogen-bond donors (Lipinski definition) is 1. The van der Waals surface area contributed by atoms with E-state index in [0.717, 1.165) is 46.7 Å². The van der Waals surface area contributed by atoms with Crippen molar-refractivity contribution in [3.8, 4) is 11.3 Å². The van der Waals surface area contributed by atoms with E-state index in [0.29, 0.717) is 43.8 Å². The number of hydrogen-bond acceptors (Lipinski definition) is 3. The summed E-state index contributed by atoms with van der Waals surface area (Å²) >= 11 is 0. The minimum absolute atomic E-state index is 0.107. The summed E-state index contributed by atoms with van der Waals surface area (Å²) < 4.78 is 44.4. The number of nitrogens with one attached hydrogen (secondary N) is 1. The molecule has 0 bridgehead atoms. The van der Waals surface area contributed by atoms with E-state index in [2.05, 4.69) is 5.32 Å². The Morgan fingerprint density at radius 1 is 0.921 bits per heavy atom. The van der Waals surface area contributed by atoms with Crippen LogP contribution in [0, 0.1) is 0 Å². The van der Waals surface area contributed by atoms with E-state index in [9.17, 15) is 22.8 Å². The van der Waals surface area contributed by atoms with E-state index >= 15 is 0 Å². The van der Waals surface area contributed by atoms with E-state index in [1.807, 2.05) is 47.4 Å². The van der Waals surface area contributed by atoms with Gasteiger partial charge < -0.3 is 14.6 Å². The van der Waals surface area contributed by atoms with Gasteiger partial charge in [-0.3, -0.25) is 9.59 Å². The Labute approximate surface area is 217 Å². The monoisotopic (exact) mass is 518 g/mol. The number of nitrogens with zero attached hydrogens (tertiary/aromatic N) is 1. The summed E-state index contributed by atoms with van der Waals surface area (Å²) in [4.78, 5) is 27.2. The molecule has 0 atom stereocenters. The first kappa shape index (κ1) is 25.3. The number of carbonyl (C=O) groups excluding carboxylic acids is 2. The van der Waals surface area contributed by atoms with Gasteiger partial charge in [-0.25, -0.2) is 0 Å². The van der Waals surface area contributed by atoms with Crippen molar-refractivity contribution in [2.45, 2.75) is 32.0 Å². The second-order valence-corrected chi connectivity index (χ2v) is 9.22. The largest absolute Gasteiger partial charge is 0.461 e. The molecule has 0 saturated heterocycles. The van der Waals surface area contributed by atoms with Gasteiger partial charge >= 0.3 is 6.18 Å². The normalized spacial score (nSPS) is 13.2. The minimum Gasteiger partial charge on any atom is -0.461 e. The van der Waals surface area contributed by atoms with Gasteiger partial charge in [-0.15, -0.1) is 0 Å². The number of fused-ring (bicyclic) bond motifs is 1. The van der Waals surface area contributed by atoms with E-state index in [1.54, 1.807) is 18.2 Å². The number of aryl methyl sites for hydroxylation is 1. The number of amides is 2. The first-order valence-electron chi connectivity index (χ1n) is 12.3. The highest BCUT2D eigenvalue weighted by molar-refractivity contribution is 6.04. The molecule has 0 fully saturated rings. The second kappa shape index (κ2) is 10.6. The second-order valence-electron chi connectivity index (χ2n) is 9.22. The lowest BCUT2D eigenvalue weighted by Gasteiger charge is -2.26. The maximum Gasteiger partial charge on any atom is 0.416 e. The SMILES string of the molecule is O=C(Nc1cccc(-c2cc3c(o2)CCN(C(=O)CCc2ccccc2)C3)c1)c1ccc(C(F)(F)F)cc1. The van der Waals surface area contributed by atoms with Crippen molar-refractivity contribution >= 4 is 17.5 Å². The Morgan fingerprint density at radius 2 is 1.68 bits per heavy atom. The standard InChI is InChI=1S/C30H25F3N2O3/c31-30(32,33)24-12-10-21(11-13-24)29(37)34-25-8-4-7-22(17-25)27-18-23-19-35(16-15-26(23)38-27)28(36)14-9-20-5-2-1-3-6-20/h1-8,10-13,17-18H,9,14-16,19H2,(H,34,37). The summed E-state index contributed by atoms with van der Waals surface area (Å²) in [5.41, 5.74) is 2.63. The highest BCUT2D eigenvalue weighted by Crippen LogP contribution is 2.32. The van der Waals surface area contributed by atoms with Crippen molar-refractivity contribution in [1.29, 1.82) is 0 Å². The number of benzene rings is 3. The lowest BCUT2D eigenvalue weighted by molar-refractivity contribution is -0.137. The molecule has 1 aromatic heterocycles. The summed E-state index contributed by atoms with van der Waals surface area (Å²) in [6, 6.07) is 23.0. The van der Waals surface area contributed by atoms with Crippen LogP contribution >= 0.6 is 0 Å². The van der Waals surface area contributed by atoms with Crippen LogP contribution in [0.1, 0.15) is 39.2 Å². The average molecular weight is 519 g/mol. The molecule has 2 amide bonds. The molecule has 5 rings (SSSR count). The smallest absolute Gasteiger partial charge is 0.416 e. The Bertz CT molecular complexity index is 1440. The first-order valence-corrected chi connectivity index (χ1v) is 12.3. The third-order valence-electron chi connectivity index (χ3n) is 6.57. The number of alkyl halides is 3. The number of carbonyl (C=O) groups is 2. The Morgan fingerprint density at radius 3 is 2.42 bits per heavy atom. The molecule has 1 aliphatic rings. The molecular weight excluding hydrogens is 493 g/mol. The van der Waals surface area contributed by atoms with Crippen LogP contribution in [-0.2, 0) is 30.4 Å². The van der Waals surface area contributed by atoms with Crippen LogP contribution in [-0.4, -0.2) is 23.3 Å². The molecule has 38 heavy (non-hydrogen) atoms. The fraction of sp³-hybridized carbons (Fsp3) is 0.200. The maximum absolute atomic E-state index is 12.8. The Kier molecular flexibility index (Phi) is 7.05. The molecule has 2 heterocycles. The van der Waals surface area contributed by atoms with Crippen molar-refractivity contribution in [3.63, 3.8) is 0 Å². The fourth-order valence-electron chi connectivity index (χ4n) is 4.51. The molecule has 194 valence electrons. The van der Waals surface area contributed by atoms with Gasteiger partial charge in [0.15, 0.2) is 0 Å². The fourth-order valence-corrected chi connectivity index (χ4v) is 4.51. The van der Waals surface area contributed by atoms with Crippen molar-refractivity contribution in [3.05, 3.63) is 113 Å². The maximum atomic E-state index is 12.8. The van der Waals surface area contributed by atoms with Gasteiger partial charge in [0, 0.05) is 48.3 Å². The molecule has 0 saturated carbocycles. The van der Waals surface area contributed by atoms with E-state index in [-0.39, 0.29) is 11.5 Å². The lowest BCUT2D eigenvalue weighted by Crippen LogP contribution is -2.35. The summed E-state index contributed by atoms with van der Waals surface area (Å²) in [5.74, 6) is 1.06. The quantitative estimate of drug-likeness (QED) is 0.308. The molecule has 0 unspecified atom stereocenters. The topological polar surface area (TPSA) is 62.6 Å². The van der Waals surface area contributed by atoms with Crippen LogP contribution in [0.4, 0.5) is 18.9 Å². The molecule has 0 radical (unpaired) electrons. The molecule has 1 N–H and O–H groups in total. The summed E-state index contributed by atoms with van der Waals surface area (Å²) in [6.45, 7) is 1.08. The summed E-state index contributed by atoms with van der Waals surface area (Å²) in [6.07, 6.45) is -2.69. The van der Waals surface area contributed by atoms with Crippen LogP contribution in [0.3, 0.4) is 0 Å². The van der Waals surface area contributed by atoms with Crippen molar-refractivity contribution in [1.82, 2.24) is 4.90 Å². The van der Waals surface area contributed by atoms with Crippen LogP contribution < -0.4 is 5.32 Å². The molecule has 4 aromatic rings. The van der Waals surface area contributed by atoms with Gasteiger partial charge in [0.1, 0.15) is 11.5 Å². The van der Waals surface area contributed by atoms with Crippen molar-refractivity contribution in [2.75, 3.05) is 11.9 Å². The summed E-state index contributed by atoms with van der Waals surface area (Å²) in [5, 5.41) is 2.72. The highest BCUT2D eigenvalue weighted by atomic mass is 19.4. The van der Waals surface area contributed by atoms with E-state index in [1.165, 1.54) is 0 Å². The third kappa shape index (κ3) is 5.80.